The zero-order chi connectivity index (χ0) is 16.3. The van der Waals surface area contributed by atoms with E-state index in [1.54, 1.807) is 11.9 Å². The molecule has 2 aliphatic rings. The minimum atomic E-state index is -0.574. The van der Waals surface area contributed by atoms with E-state index in [1.807, 2.05) is 30.3 Å². The summed E-state index contributed by atoms with van der Waals surface area (Å²) in [6.07, 6.45) is 5.44. The van der Waals surface area contributed by atoms with Crippen LogP contribution in [0.25, 0.3) is 0 Å². The van der Waals surface area contributed by atoms with Gasteiger partial charge in [0, 0.05) is 13.6 Å². The summed E-state index contributed by atoms with van der Waals surface area (Å²) in [5.41, 5.74) is -0.574. The van der Waals surface area contributed by atoms with E-state index in [0.717, 1.165) is 37.9 Å². The van der Waals surface area contributed by atoms with Gasteiger partial charge < -0.3 is 9.64 Å². The maximum Gasteiger partial charge on any atom is 0.327 e. The lowest BCUT2D eigenvalue weighted by Crippen LogP contribution is -2.49. The molecular weight excluding hydrogens is 292 g/mol. The number of carbonyl (C=O) groups is 2. The van der Waals surface area contributed by atoms with Gasteiger partial charge in [0.2, 0.25) is 0 Å². The molecule has 1 saturated carbocycles. The second-order valence-corrected chi connectivity index (χ2v) is 6.41. The summed E-state index contributed by atoms with van der Waals surface area (Å²) < 4.78 is 5.64. The van der Waals surface area contributed by atoms with Gasteiger partial charge in [0.25, 0.3) is 5.91 Å². The third-order valence-corrected chi connectivity index (χ3v) is 5.02. The molecule has 1 aromatic carbocycles. The van der Waals surface area contributed by atoms with Gasteiger partial charge in [-0.25, -0.2) is 4.79 Å². The second kappa shape index (κ2) is 6.60. The number of hydrogen-bond donors (Lipinski definition) is 0. The highest BCUT2D eigenvalue weighted by molar-refractivity contribution is 6.06. The molecule has 3 rings (SSSR count). The predicted molar refractivity (Wildman–Crippen MR) is 87.2 cm³/mol. The number of carbonyl (C=O) groups excluding carboxylic acids is 2. The summed E-state index contributed by atoms with van der Waals surface area (Å²) in [6.45, 7) is 0.925. The molecule has 0 bridgehead atoms. The zero-order valence-electron chi connectivity index (χ0n) is 13.7. The van der Waals surface area contributed by atoms with Gasteiger partial charge in [0.05, 0.1) is 6.61 Å². The first-order valence-corrected chi connectivity index (χ1v) is 8.43. The Balaban J connectivity index is 1.55. The maximum absolute atomic E-state index is 12.8. The Hall–Kier alpha value is -2.04. The molecule has 0 aromatic heterocycles. The van der Waals surface area contributed by atoms with Crippen molar-refractivity contribution in [1.29, 1.82) is 0 Å². The lowest BCUT2D eigenvalue weighted by atomic mass is 9.81. The van der Waals surface area contributed by atoms with Crippen molar-refractivity contribution in [2.24, 2.45) is 0 Å². The molecule has 1 spiro atoms. The largest absolute Gasteiger partial charge is 0.494 e. The van der Waals surface area contributed by atoms with E-state index in [1.165, 1.54) is 4.90 Å². The quantitative estimate of drug-likeness (QED) is 0.620. The average Bonchev–Trinajstić information content (AvgIpc) is 2.76. The minimum Gasteiger partial charge on any atom is -0.494 e. The molecule has 1 saturated heterocycles. The number of imide groups is 1. The molecule has 3 amide bonds. The van der Waals surface area contributed by atoms with E-state index in [9.17, 15) is 9.59 Å². The van der Waals surface area contributed by atoms with Gasteiger partial charge in [-0.05, 0) is 31.4 Å². The van der Waals surface area contributed by atoms with Crippen molar-refractivity contribution in [3.63, 3.8) is 0 Å². The first-order chi connectivity index (χ1) is 11.1. The topological polar surface area (TPSA) is 49.9 Å². The summed E-state index contributed by atoms with van der Waals surface area (Å²) >= 11 is 0. The number of hydrogen-bond acceptors (Lipinski definition) is 3. The van der Waals surface area contributed by atoms with E-state index in [4.69, 9.17) is 4.74 Å². The third-order valence-electron chi connectivity index (χ3n) is 5.02. The minimum absolute atomic E-state index is 0.00980. The Morgan fingerprint density at radius 2 is 1.78 bits per heavy atom. The van der Waals surface area contributed by atoms with Crippen LogP contribution in [0.2, 0.25) is 0 Å². The number of nitrogens with zero attached hydrogens (tertiary/aromatic N) is 2. The van der Waals surface area contributed by atoms with Crippen molar-refractivity contribution in [3.8, 4) is 5.75 Å². The van der Waals surface area contributed by atoms with Crippen molar-refractivity contribution >= 4 is 11.9 Å². The van der Waals surface area contributed by atoms with E-state index in [2.05, 4.69) is 0 Å². The highest BCUT2D eigenvalue weighted by Crippen LogP contribution is 2.39. The molecule has 0 atom stereocenters. The highest BCUT2D eigenvalue weighted by atomic mass is 16.5. The Bertz CT molecular complexity index is 567. The number of urea groups is 1. The number of benzene rings is 1. The van der Waals surface area contributed by atoms with Crippen LogP contribution in [0.5, 0.6) is 5.75 Å². The Morgan fingerprint density at radius 1 is 1.09 bits per heavy atom. The van der Waals surface area contributed by atoms with Gasteiger partial charge in [-0.3, -0.25) is 9.69 Å². The molecule has 2 fully saturated rings. The lowest BCUT2D eigenvalue weighted by Gasteiger charge is -2.35. The smallest absolute Gasteiger partial charge is 0.327 e. The van der Waals surface area contributed by atoms with Gasteiger partial charge in [-0.15, -0.1) is 0 Å². The van der Waals surface area contributed by atoms with Gasteiger partial charge in [-0.1, -0.05) is 37.5 Å². The van der Waals surface area contributed by atoms with Crippen LogP contribution in [0.3, 0.4) is 0 Å². The predicted octanol–water partition coefficient (Wildman–Crippen LogP) is 3.05. The maximum atomic E-state index is 12.8. The molecule has 23 heavy (non-hydrogen) atoms. The number of ether oxygens (including phenoxy) is 1. The number of para-hydroxylation sites is 1. The summed E-state index contributed by atoms with van der Waals surface area (Å²) in [6, 6.07) is 9.42. The van der Waals surface area contributed by atoms with Crippen LogP contribution in [0, 0.1) is 0 Å². The van der Waals surface area contributed by atoms with Crippen molar-refractivity contribution in [1.82, 2.24) is 9.80 Å². The standard InChI is InChI=1S/C18H24N2O3/c1-19-17(22)20(16(21)18(19)11-6-3-7-12-18)13-8-14-23-15-9-4-2-5-10-15/h2,4-5,9-10H,3,6-8,11-14H2,1H3. The van der Waals surface area contributed by atoms with Crippen LogP contribution < -0.4 is 4.74 Å². The lowest BCUT2D eigenvalue weighted by molar-refractivity contribution is -0.134. The van der Waals surface area contributed by atoms with Crippen LogP contribution in [0.1, 0.15) is 38.5 Å². The van der Waals surface area contributed by atoms with Crippen molar-refractivity contribution in [2.45, 2.75) is 44.1 Å². The Morgan fingerprint density at radius 3 is 2.48 bits per heavy atom. The van der Waals surface area contributed by atoms with E-state index in [0.29, 0.717) is 19.6 Å². The van der Waals surface area contributed by atoms with E-state index >= 15 is 0 Å². The summed E-state index contributed by atoms with van der Waals surface area (Å²) in [4.78, 5) is 28.3. The fraction of sp³-hybridized carbons (Fsp3) is 0.556. The molecule has 0 radical (unpaired) electrons. The molecule has 0 unspecified atom stereocenters. The molecular formula is C18H24N2O3. The van der Waals surface area contributed by atoms with Crippen LogP contribution in [0.4, 0.5) is 4.79 Å². The van der Waals surface area contributed by atoms with Crippen molar-refractivity contribution in [2.75, 3.05) is 20.2 Å². The Labute approximate surface area is 137 Å². The van der Waals surface area contributed by atoms with Gasteiger partial charge in [-0.2, -0.15) is 0 Å². The van der Waals surface area contributed by atoms with Crippen molar-refractivity contribution < 1.29 is 14.3 Å². The van der Waals surface area contributed by atoms with Gasteiger partial charge in [0.1, 0.15) is 11.3 Å². The summed E-state index contributed by atoms with van der Waals surface area (Å²) in [5.74, 6) is 0.803. The number of likely N-dealkylation sites (N-methyl/N-ethyl adjacent to an activating group) is 1. The normalized spacial score (nSPS) is 20.4. The number of amides is 3. The molecule has 1 aromatic rings. The Kier molecular flexibility index (Phi) is 4.55. The van der Waals surface area contributed by atoms with E-state index in [-0.39, 0.29) is 11.9 Å². The highest BCUT2D eigenvalue weighted by Gasteiger charge is 2.55. The first kappa shape index (κ1) is 15.8. The zero-order valence-corrected chi connectivity index (χ0v) is 13.7. The second-order valence-electron chi connectivity index (χ2n) is 6.41. The third kappa shape index (κ3) is 2.92. The van der Waals surface area contributed by atoms with Crippen LogP contribution in [-0.2, 0) is 4.79 Å². The molecule has 5 nitrogen and oxygen atoms in total. The average molecular weight is 316 g/mol. The fourth-order valence-electron chi connectivity index (χ4n) is 3.66. The first-order valence-electron chi connectivity index (χ1n) is 8.43. The summed E-state index contributed by atoms with van der Waals surface area (Å²) in [7, 11) is 1.77. The summed E-state index contributed by atoms with van der Waals surface area (Å²) in [5, 5.41) is 0. The van der Waals surface area contributed by atoms with Crippen LogP contribution in [-0.4, -0.2) is 47.5 Å². The SMILES string of the molecule is CN1C(=O)N(CCCOc2ccccc2)C(=O)C12CCCCC2. The molecule has 5 heteroatoms. The van der Waals surface area contributed by atoms with Crippen molar-refractivity contribution in [3.05, 3.63) is 30.3 Å². The fourth-order valence-corrected chi connectivity index (χ4v) is 3.66. The molecule has 124 valence electrons. The molecule has 0 N–H and O–H groups in total. The molecule has 1 aliphatic heterocycles. The van der Waals surface area contributed by atoms with Crippen LogP contribution >= 0.6 is 0 Å². The molecule has 1 heterocycles. The monoisotopic (exact) mass is 316 g/mol. The van der Waals surface area contributed by atoms with Gasteiger partial charge in [0.15, 0.2) is 0 Å². The number of rotatable bonds is 5. The van der Waals surface area contributed by atoms with Crippen LogP contribution in [0.15, 0.2) is 30.3 Å². The van der Waals surface area contributed by atoms with E-state index < -0.39 is 5.54 Å². The van der Waals surface area contributed by atoms with Gasteiger partial charge >= 0.3 is 6.03 Å². The molecule has 1 aliphatic carbocycles.